The molecule has 0 amide bonds. The van der Waals surface area contributed by atoms with Gasteiger partial charge in [-0.25, -0.2) is 0 Å². The van der Waals surface area contributed by atoms with Crippen LogP contribution < -0.4 is 0 Å². The van der Waals surface area contributed by atoms with Gasteiger partial charge in [-0.2, -0.15) is 0 Å². The van der Waals surface area contributed by atoms with E-state index < -0.39 is 0 Å². The van der Waals surface area contributed by atoms with Gasteiger partial charge >= 0.3 is 0 Å². The monoisotopic (exact) mass is 140 g/mol. The molecule has 3 nitrogen and oxygen atoms in total. The van der Waals surface area contributed by atoms with Crippen molar-refractivity contribution >= 4 is 12.6 Å². The Kier molecular flexibility index (Phi) is 2.93. The summed E-state index contributed by atoms with van der Waals surface area (Å²) >= 11 is 0. The van der Waals surface area contributed by atoms with E-state index in [4.69, 9.17) is 0 Å². The first-order valence-corrected chi connectivity index (χ1v) is 3.61. The number of hydrogen-bond donors (Lipinski definition) is 0. The minimum absolute atomic E-state index is 0.671. The van der Waals surface area contributed by atoms with E-state index in [1.165, 1.54) is 0 Å². The third-order valence-corrected chi connectivity index (χ3v) is 1.53. The van der Waals surface area contributed by atoms with Crippen LogP contribution in [0.2, 0.25) is 0 Å². The smallest absolute Gasteiger partial charge is 0.120 e. The Morgan fingerprint density at radius 1 is 1.70 bits per heavy atom. The summed E-state index contributed by atoms with van der Waals surface area (Å²) in [4.78, 5) is 16.1. The van der Waals surface area contributed by atoms with Crippen molar-refractivity contribution in [2.45, 2.75) is 12.8 Å². The number of nitrogens with zero attached hydrogens (tertiary/aromatic N) is 2. The van der Waals surface area contributed by atoms with Crippen LogP contribution in [0.15, 0.2) is 4.99 Å². The van der Waals surface area contributed by atoms with Gasteiger partial charge in [0, 0.05) is 19.5 Å². The summed E-state index contributed by atoms with van der Waals surface area (Å²) < 4.78 is 0. The fourth-order valence-corrected chi connectivity index (χ4v) is 0.964. The molecule has 0 saturated heterocycles. The third-order valence-electron chi connectivity index (χ3n) is 1.53. The predicted molar refractivity (Wildman–Crippen MR) is 40.2 cm³/mol. The SMILES string of the molecule is O=CCCCN1C=NCC1. The Hall–Kier alpha value is -0.860. The van der Waals surface area contributed by atoms with Crippen LogP contribution in [0.25, 0.3) is 0 Å². The lowest BCUT2D eigenvalue weighted by molar-refractivity contribution is -0.107. The first-order valence-electron chi connectivity index (χ1n) is 3.61. The van der Waals surface area contributed by atoms with Crippen LogP contribution >= 0.6 is 0 Å². The molecule has 0 saturated carbocycles. The highest BCUT2D eigenvalue weighted by molar-refractivity contribution is 5.57. The number of aliphatic imine (C=N–C) groups is 1. The second-order valence-corrected chi connectivity index (χ2v) is 2.37. The number of carbonyl (C=O) groups excluding carboxylic acids is 1. The van der Waals surface area contributed by atoms with Gasteiger partial charge in [0.05, 0.1) is 12.9 Å². The molecule has 56 valence electrons. The second-order valence-electron chi connectivity index (χ2n) is 2.37. The number of aldehydes is 1. The van der Waals surface area contributed by atoms with Gasteiger partial charge in [-0.1, -0.05) is 0 Å². The largest absolute Gasteiger partial charge is 0.361 e. The normalized spacial score (nSPS) is 16.2. The lowest BCUT2D eigenvalue weighted by Gasteiger charge is -2.11. The summed E-state index contributed by atoms with van der Waals surface area (Å²) in [7, 11) is 0. The summed E-state index contributed by atoms with van der Waals surface area (Å²) in [5.41, 5.74) is 0. The van der Waals surface area contributed by atoms with Crippen molar-refractivity contribution in [2.75, 3.05) is 19.6 Å². The highest BCUT2D eigenvalue weighted by Gasteiger charge is 2.02. The fraction of sp³-hybridized carbons (Fsp3) is 0.714. The molecular formula is C7H12N2O. The Morgan fingerprint density at radius 2 is 2.60 bits per heavy atom. The maximum absolute atomic E-state index is 9.93. The van der Waals surface area contributed by atoms with E-state index in [9.17, 15) is 4.79 Å². The summed E-state index contributed by atoms with van der Waals surface area (Å²) in [5, 5.41) is 0. The molecule has 0 aromatic carbocycles. The van der Waals surface area contributed by atoms with E-state index in [-0.39, 0.29) is 0 Å². The van der Waals surface area contributed by atoms with Crippen LogP contribution in [0.5, 0.6) is 0 Å². The molecule has 0 aliphatic carbocycles. The van der Waals surface area contributed by atoms with E-state index in [0.717, 1.165) is 32.3 Å². The van der Waals surface area contributed by atoms with E-state index in [1.807, 2.05) is 6.34 Å². The Balaban J connectivity index is 2.02. The maximum Gasteiger partial charge on any atom is 0.120 e. The Labute approximate surface area is 60.7 Å². The summed E-state index contributed by atoms with van der Waals surface area (Å²) in [6, 6.07) is 0. The molecule has 0 radical (unpaired) electrons. The molecular weight excluding hydrogens is 128 g/mol. The summed E-state index contributed by atoms with van der Waals surface area (Å²) in [5.74, 6) is 0. The van der Waals surface area contributed by atoms with Crippen molar-refractivity contribution < 1.29 is 4.79 Å². The van der Waals surface area contributed by atoms with Crippen molar-refractivity contribution in [3.05, 3.63) is 0 Å². The lowest BCUT2D eigenvalue weighted by atomic mass is 10.3. The van der Waals surface area contributed by atoms with Gasteiger partial charge in [-0.15, -0.1) is 0 Å². The molecule has 0 fully saturated rings. The average Bonchev–Trinajstić information content (AvgIpc) is 2.41. The summed E-state index contributed by atoms with van der Waals surface area (Å²) in [6.45, 7) is 2.92. The van der Waals surface area contributed by atoms with Gasteiger partial charge in [0.2, 0.25) is 0 Å². The molecule has 0 aromatic rings. The van der Waals surface area contributed by atoms with Crippen molar-refractivity contribution in [3.63, 3.8) is 0 Å². The molecule has 10 heavy (non-hydrogen) atoms. The second kappa shape index (κ2) is 4.04. The van der Waals surface area contributed by atoms with Crippen molar-refractivity contribution in [1.29, 1.82) is 0 Å². The topological polar surface area (TPSA) is 32.7 Å². The third kappa shape index (κ3) is 2.17. The van der Waals surface area contributed by atoms with Gasteiger partial charge in [0.15, 0.2) is 0 Å². The van der Waals surface area contributed by atoms with Gasteiger partial charge in [-0.05, 0) is 6.42 Å². The first-order chi connectivity index (χ1) is 4.93. The molecule has 0 N–H and O–H groups in total. The number of unbranched alkanes of at least 4 members (excludes halogenated alkanes) is 1. The summed E-state index contributed by atoms with van der Waals surface area (Å²) in [6.07, 6.45) is 4.46. The van der Waals surface area contributed by atoms with Gasteiger partial charge < -0.3 is 9.69 Å². The highest BCUT2D eigenvalue weighted by atomic mass is 16.1. The number of rotatable bonds is 4. The van der Waals surface area contributed by atoms with Crippen molar-refractivity contribution in [2.24, 2.45) is 4.99 Å². The van der Waals surface area contributed by atoms with Gasteiger partial charge in [-0.3, -0.25) is 4.99 Å². The van der Waals surface area contributed by atoms with Crippen LogP contribution in [0.4, 0.5) is 0 Å². The van der Waals surface area contributed by atoms with Crippen LogP contribution in [-0.2, 0) is 4.79 Å². The first kappa shape index (κ1) is 7.25. The zero-order valence-electron chi connectivity index (χ0n) is 5.99. The fourth-order valence-electron chi connectivity index (χ4n) is 0.964. The molecule has 1 aliphatic rings. The Morgan fingerprint density at radius 3 is 3.20 bits per heavy atom. The molecule has 1 aliphatic heterocycles. The van der Waals surface area contributed by atoms with E-state index in [0.29, 0.717) is 6.42 Å². The molecule has 0 atom stereocenters. The standard InChI is InChI=1S/C7H12N2O/c10-6-2-1-4-9-5-3-8-7-9/h6-7H,1-5H2. The van der Waals surface area contributed by atoms with Gasteiger partial charge in [0.1, 0.15) is 6.29 Å². The lowest BCUT2D eigenvalue weighted by Crippen LogP contribution is -2.20. The van der Waals surface area contributed by atoms with E-state index in [1.54, 1.807) is 0 Å². The van der Waals surface area contributed by atoms with Crippen LogP contribution in [0.1, 0.15) is 12.8 Å². The number of carbonyl (C=O) groups is 1. The van der Waals surface area contributed by atoms with E-state index in [2.05, 4.69) is 9.89 Å². The van der Waals surface area contributed by atoms with Crippen molar-refractivity contribution in [1.82, 2.24) is 4.90 Å². The van der Waals surface area contributed by atoms with Crippen LogP contribution in [0, 0.1) is 0 Å². The van der Waals surface area contributed by atoms with Crippen molar-refractivity contribution in [3.8, 4) is 0 Å². The molecule has 0 bridgehead atoms. The van der Waals surface area contributed by atoms with E-state index >= 15 is 0 Å². The Bertz CT molecular complexity index is 134. The minimum Gasteiger partial charge on any atom is -0.361 e. The quantitative estimate of drug-likeness (QED) is 0.416. The minimum atomic E-state index is 0.671. The molecule has 3 heteroatoms. The molecule has 1 heterocycles. The zero-order chi connectivity index (χ0) is 7.23. The molecule has 0 spiro atoms. The van der Waals surface area contributed by atoms with Crippen LogP contribution in [0.3, 0.4) is 0 Å². The maximum atomic E-state index is 9.93. The molecule has 0 aromatic heterocycles. The highest BCUT2D eigenvalue weighted by Crippen LogP contribution is 1.95. The van der Waals surface area contributed by atoms with Gasteiger partial charge in [0.25, 0.3) is 0 Å². The average molecular weight is 140 g/mol. The number of hydrogen-bond acceptors (Lipinski definition) is 3. The molecule has 1 rings (SSSR count). The predicted octanol–water partition coefficient (Wildman–Crippen LogP) is 0.309. The molecule has 0 unspecified atom stereocenters. The van der Waals surface area contributed by atoms with Crippen LogP contribution in [-0.4, -0.2) is 37.2 Å². The zero-order valence-corrected chi connectivity index (χ0v) is 5.99.